The van der Waals surface area contributed by atoms with E-state index >= 15 is 0 Å². The highest BCUT2D eigenvalue weighted by Gasteiger charge is 2.23. The van der Waals surface area contributed by atoms with Crippen molar-refractivity contribution in [2.75, 3.05) is 26.2 Å². The highest BCUT2D eigenvalue weighted by atomic mass is 79.9. The molecule has 1 N–H and O–H groups in total. The maximum atomic E-state index is 12.7. The molecule has 1 saturated heterocycles. The van der Waals surface area contributed by atoms with Gasteiger partial charge in [0.05, 0.1) is 0 Å². The molecule has 6 heteroatoms. The number of rotatable bonds is 6. The third-order valence-electron chi connectivity index (χ3n) is 4.76. The van der Waals surface area contributed by atoms with Gasteiger partial charge in [-0.3, -0.25) is 9.69 Å². The lowest BCUT2D eigenvalue weighted by Crippen LogP contribution is -2.48. The number of nitrogens with zero attached hydrogens (tertiary/aromatic N) is 3. The van der Waals surface area contributed by atoms with Gasteiger partial charge in [0.2, 0.25) is 0 Å². The first-order chi connectivity index (χ1) is 13.7. The average molecular weight is 439 g/mol. The van der Waals surface area contributed by atoms with E-state index in [0.29, 0.717) is 19.6 Å². The van der Waals surface area contributed by atoms with Crippen LogP contribution in [0.2, 0.25) is 0 Å². The van der Waals surface area contributed by atoms with Crippen LogP contribution in [-0.4, -0.2) is 41.9 Å². The molecule has 0 spiro atoms. The fourth-order valence-corrected chi connectivity index (χ4v) is 3.59. The molecule has 2 aromatic rings. The van der Waals surface area contributed by atoms with E-state index in [-0.39, 0.29) is 11.5 Å². The number of amides is 1. The SMILES string of the molecule is N#C/C(=C/NCc1ccccc1Br)C(=O)N1CCN(Cc2ccccc2)CC1. The summed E-state index contributed by atoms with van der Waals surface area (Å²) in [5.74, 6) is -0.207. The van der Waals surface area contributed by atoms with Crippen molar-refractivity contribution in [3.05, 3.63) is 82.0 Å². The van der Waals surface area contributed by atoms with Gasteiger partial charge in [0, 0.05) is 49.9 Å². The van der Waals surface area contributed by atoms with Crippen LogP contribution >= 0.6 is 15.9 Å². The maximum Gasteiger partial charge on any atom is 0.266 e. The lowest BCUT2D eigenvalue weighted by Gasteiger charge is -2.34. The van der Waals surface area contributed by atoms with E-state index in [2.05, 4.69) is 38.3 Å². The first kappa shape index (κ1) is 20.1. The molecule has 1 aliphatic heterocycles. The molecule has 28 heavy (non-hydrogen) atoms. The van der Waals surface area contributed by atoms with Crippen molar-refractivity contribution in [1.29, 1.82) is 5.26 Å². The summed E-state index contributed by atoms with van der Waals surface area (Å²) in [6, 6.07) is 20.2. The number of nitrogens with one attached hydrogen (secondary N) is 1. The van der Waals surface area contributed by atoms with Crippen molar-refractivity contribution in [3.8, 4) is 6.07 Å². The third-order valence-corrected chi connectivity index (χ3v) is 5.53. The van der Waals surface area contributed by atoms with E-state index in [1.807, 2.05) is 48.5 Å². The standard InChI is InChI=1S/C22H23BrN4O/c23-21-9-5-4-8-19(21)15-25-16-20(14-24)22(28)27-12-10-26(11-13-27)17-18-6-2-1-3-7-18/h1-9,16,25H,10-13,15,17H2/b20-16-. The predicted octanol–water partition coefficient (Wildman–Crippen LogP) is 3.29. The Bertz CT molecular complexity index is 868. The van der Waals surface area contributed by atoms with E-state index < -0.39 is 0 Å². The fraction of sp³-hybridized carbons (Fsp3) is 0.273. The highest BCUT2D eigenvalue weighted by molar-refractivity contribution is 9.10. The van der Waals surface area contributed by atoms with E-state index in [0.717, 1.165) is 29.7 Å². The zero-order valence-corrected chi connectivity index (χ0v) is 17.2. The summed E-state index contributed by atoms with van der Waals surface area (Å²) >= 11 is 3.50. The zero-order valence-electron chi connectivity index (χ0n) is 15.6. The number of benzene rings is 2. The largest absolute Gasteiger partial charge is 0.386 e. The van der Waals surface area contributed by atoms with Crippen molar-refractivity contribution < 1.29 is 4.79 Å². The van der Waals surface area contributed by atoms with E-state index in [4.69, 9.17) is 0 Å². The molecule has 1 amide bonds. The topological polar surface area (TPSA) is 59.4 Å². The van der Waals surface area contributed by atoms with Crippen LogP contribution in [0.1, 0.15) is 11.1 Å². The minimum Gasteiger partial charge on any atom is -0.386 e. The normalized spacial score (nSPS) is 15.1. The van der Waals surface area contributed by atoms with Crippen LogP contribution < -0.4 is 5.32 Å². The van der Waals surface area contributed by atoms with E-state index in [1.165, 1.54) is 11.8 Å². The third kappa shape index (κ3) is 5.44. The Balaban J connectivity index is 1.51. The Kier molecular flexibility index (Phi) is 7.24. The van der Waals surface area contributed by atoms with Gasteiger partial charge in [-0.25, -0.2) is 0 Å². The van der Waals surface area contributed by atoms with Crippen LogP contribution in [0.3, 0.4) is 0 Å². The Hall–Kier alpha value is -2.62. The fourth-order valence-electron chi connectivity index (χ4n) is 3.17. The summed E-state index contributed by atoms with van der Waals surface area (Å²) in [5.41, 5.74) is 2.48. The summed E-state index contributed by atoms with van der Waals surface area (Å²) in [7, 11) is 0. The summed E-state index contributed by atoms with van der Waals surface area (Å²) in [4.78, 5) is 16.8. The second kappa shape index (κ2) is 10.1. The van der Waals surface area contributed by atoms with Crippen molar-refractivity contribution in [2.24, 2.45) is 0 Å². The van der Waals surface area contributed by atoms with Crippen LogP contribution in [0.5, 0.6) is 0 Å². The number of hydrogen-bond acceptors (Lipinski definition) is 4. The first-order valence-corrected chi connectivity index (χ1v) is 10.1. The first-order valence-electron chi connectivity index (χ1n) is 9.30. The molecule has 5 nitrogen and oxygen atoms in total. The van der Waals surface area contributed by atoms with Crippen LogP contribution in [-0.2, 0) is 17.9 Å². The number of halogens is 1. The predicted molar refractivity (Wildman–Crippen MR) is 113 cm³/mol. The van der Waals surface area contributed by atoms with Gasteiger partial charge >= 0.3 is 0 Å². The lowest BCUT2D eigenvalue weighted by atomic mass is 10.2. The number of hydrogen-bond donors (Lipinski definition) is 1. The zero-order chi connectivity index (χ0) is 19.8. The monoisotopic (exact) mass is 438 g/mol. The van der Waals surface area contributed by atoms with Gasteiger partial charge in [0.1, 0.15) is 11.6 Å². The molecule has 2 aromatic carbocycles. The molecule has 144 valence electrons. The van der Waals surface area contributed by atoms with Gasteiger partial charge < -0.3 is 10.2 Å². The molecule has 0 unspecified atom stereocenters. The van der Waals surface area contributed by atoms with Gasteiger partial charge in [-0.15, -0.1) is 0 Å². The molecule has 1 aliphatic rings. The second-order valence-corrected chi connectivity index (χ2v) is 7.55. The molecule has 3 rings (SSSR count). The van der Waals surface area contributed by atoms with Crippen LogP contribution in [0.15, 0.2) is 70.8 Å². The molecule has 0 aliphatic carbocycles. The van der Waals surface area contributed by atoms with E-state index in [9.17, 15) is 10.1 Å². The number of nitriles is 1. The van der Waals surface area contributed by atoms with Crippen LogP contribution in [0, 0.1) is 11.3 Å². The molecule has 0 saturated carbocycles. The molecular formula is C22H23BrN4O. The molecule has 0 radical (unpaired) electrons. The van der Waals surface area contributed by atoms with Gasteiger partial charge in [0.25, 0.3) is 5.91 Å². The maximum absolute atomic E-state index is 12.7. The Morgan fingerprint density at radius 1 is 1.07 bits per heavy atom. The van der Waals surface area contributed by atoms with Gasteiger partial charge in [-0.05, 0) is 17.2 Å². The number of carbonyl (C=O) groups is 1. The smallest absolute Gasteiger partial charge is 0.266 e. The summed E-state index contributed by atoms with van der Waals surface area (Å²) < 4.78 is 0.996. The second-order valence-electron chi connectivity index (χ2n) is 6.70. The van der Waals surface area contributed by atoms with Crippen LogP contribution in [0.4, 0.5) is 0 Å². The van der Waals surface area contributed by atoms with Crippen molar-refractivity contribution >= 4 is 21.8 Å². The van der Waals surface area contributed by atoms with Crippen LogP contribution in [0.25, 0.3) is 0 Å². The molecule has 0 bridgehead atoms. The van der Waals surface area contributed by atoms with E-state index in [1.54, 1.807) is 4.90 Å². The average Bonchev–Trinajstić information content (AvgIpc) is 2.73. The van der Waals surface area contributed by atoms with Gasteiger partial charge in [-0.2, -0.15) is 5.26 Å². The Morgan fingerprint density at radius 3 is 2.43 bits per heavy atom. The van der Waals surface area contributed by atoms with Gasteiger partial charge in [0.15, 0.2) is 0 Å². The molecule has 1 fully saturated rings. The molecule has 0 atom stereocenters. The molecule has 1 heterocycles. The summed E-state index contributed by atoms with van der Waals surface area (Å²) in [6.45, 7) is 4.32. The molecule has 0 aromatic heterocycles. The quantitative estimate of drug-likeness (QED) is 0.555. The number of piperazine rings is 1. The summed E-state index contributed by atoms with van der Waals surface area (Å²) in [6.07, 6.45) is 1.53. The van der Waals surface area contributed by atoms with Gasteiger partial charge in [-0.1, -0.05) is 64.5 Å². The highest BCUT2D eigenvalue weighted by Crippen LogP contribution is 2.15. The Labute approximate surface area is 174 Å². The van der Waals surface area contributed by atoms with Crippen molar-refractivity contribution in [1.82, 2.24) is 15.1 Å². The Morgan fingerprint density at radius 2 is 1.75 bits per heavy atom. The number of carbonyl (C=O) groups excluding carboxylic acids is 1. The minimum atomic E-state index is -0.207. The lowest BCUT2D eigenvalue weighted by molar-refractivity contribution is -0.128. The van der Waals surface area contributed by atoms with Crippen molar-refractivity contribution in [2.45, 2.75) is 13.1 Å². The summed E-state index contributed by atoms with van der Waals surface area (Å²) in [5, 5.41) is 12.5. The minimum absolute atomic E-state index is 0.142. The molecular weight excluding hydrogens is 416 g/mol. The van der Waals surface area contributed by atoms with Crippen molar-refractivity contribution in [3.63, 3.8) is 0 Å².